The Morgan fingerprint density at radius 2 is 0.452 bits per heavy atom. The molecule has 0 saturated heterocycles. The summed E-state index contributed by atoms with van der Waals surface area (Å²) in [4.78, 5) is 5.34. The van der Waals surface area contributed by atoms with Gasteiger partial charge in [-0.3, -0.25) is 0 Å². The molecule has 0 amide bonds. The lowest BCUT2D eigenvalue weighted by Gasteiger charge is -2.46. The molecule has 0 unspecified atom stereocenters. The number of hydrogen-bond acceptors (Lipinski definition) is 2. The number of anilines is 6. The molecule has 12 aromatic rings. The average Bonchev–Trinajstić information content (AvgIpc) is 0.707. The molecule has 93 heavy (non-hydrogen) atoms. The zero-order valence-corrected chi connectivity index (χ0v) is 56.3. The van der Waals surface area contributed by atoms with Crippen LogP contribution < -0.4 is 26.2 Å². The number of fused-ring (bicyclic) bond motifs is 4. The third kappa shape index (κ3) is 10.5. The molecule has 0 aliphatic carbocycles. The van der Waals surface area contributed by atoms with Gasteiger partial charge in [0.05, 0.1) is 0 Å². The van der Waals surface area contributed by atoms with Gasteiger partial charge >= 0.3 is 0 Å². The minimum atomic E-state index is -0.365. The molecule has 0 radical (unpaired) electrons. The maximum atomic E-state index is 2.67. The lowest BCUT2D eigenvalue weighted by atomic mass is 9.33. The minimum absolute atomic E-state index is 0.177. The summed E-state index contributed by atoms with van der Waals surface area (Å²) in [6.45, 7) is 28.7. The van der Waals surface area contributed by atoms with E-state index in [-0.39, 0.29) is 39.2 Å². The molecule has 2 nitrogen and oxygen atoms in total. The molecule has 0 N–H and O–H groups in total. The fourth-order valence-corrected chi connectivity index (χ4v) is 15.2. The van der Waals surface area contributed by atoms with Crippen molar-refractivity contribution < 1.29 is 0 Å². The standard InChI is InChI=1S/C90H85BN2/c1-85(2,64-36-22-14-23-37-64)70-48-50-80-78(60-70)91-79-61-71(86(3,4)65-38-24-15-25-39-65)49-51-81(79)93(77-58-74(89(9,10)68-44-30-18-31-45-68)55-75(59-77)90(11,12)69-46-32-19-33-47-69)83-53-63(62-34-20-13-21-35-62)52-82(84(83)91)92(80)76-56-72(87(5,6)66-40-26-16-27-41-66)54-73(57-76)88(7,8)67-42-28-17-29-43-67/h13-61H,1-12H3. The van der Waals surface area contributed by atoms with E-state index in [4.69, 9.17) is 0 Å². The van der Waals surface area contributed by atoms with Crippen LogP contribution in [-0.4, -0.2) is 6.71 Å². The fourth-order valence-electron chi connectivity index (χ4n) is 15.2. The van der Waals surface area contributed by atoms with Gasteiger partial charge in [-0.15, -0.1) is 0 Å². The third-order valence-electron chi connectivity index (χ3n) is 21.8. The summed E-state index contributed by atoms with van der Waals surface area (Å²) in [6, 6.07) is 113. The van der Waals surface area contributed by atoms with Crippen molar-refractivity contribution in [3.63, 3.8) is 0 Å². The monoisotopic (exact) mass is 1200 g/mol. The van der Waals surface area contributed by atoms with Crippen molar-refractivity contribution in [2.75, 3.05) is 9.80 Å². The van der Waals surface area contributed by atoms with Gasteiger partial charge in [0.25, 0.3) is 6.71 Å². The molecule has 0 bridgehead atoms. The number of rotatable bonds is 15. The minimum Gasteiger partial charge on any atom is -0.311 e. The zero-order chi connectivity index (χ0) is 64.7. The largest absolute Gasteiger partial charge is 0.311 e. The zero-order valence-electron chi connectivity index (χ0n) is 56.3. The molecule has 12 aromatic carbocycles. The van der Waals surface area contributed by atoms with Gasteiger partial charge < -0.3 is 9.80 Å². The van der Waals surface area contributed by atoms with E-state index in [1.54, 1.807) is 0 Å². The predicted molar refractivity (Wildman–Crippen MR) is 397 cm³/mol. The summed E-state index contributed by atoms with van der Waals surface area (Å²) in [7, 11) is 0. The van der Waals surface area contributed by atoms with Crippen LogP contribution in [0.15, 0.2) is 297 Å². The van der Waals surface area contributed by atoms with Crippen LogP contribution in [0.25, 0.3) is 11.1 Å². The van der Waals surface area contributed by atoms with Crippen LogP contribution in [0.3, 0.4) is 0 Å². The Kier molecular flexibility index (Phi) is 15.1. The lowest BCUT2D eigenvalue weighted by Crippen LogP contribution is -2.61. The van der Waals surface area contributed by atoms with Gasteiger partial charge in [-0.2, -0.15) is 0 Å². The van der Waals surface area contributed by atoms with Gasteiger partial charge in [0.1, 0.15) is 0 Å². The maximum absolute atomic E-state index is 2.67. The highest BCUT2D eigenvalue weighted by atomic mass is 15.2. The van der Waals surface area contributed by atoms with Crippen LogP contribution in [0.1, 0.15) is 150 Å². The summed E-state index contributed by atoms with van der Waals surface area (Å²) in [6.07, 6.45) is 0. The second-order valence-electron chi connectivity index (χ2n) is 29.4. The molecular weight excluding hydrogens is 1120 g/mol. The second-order valence-corrected chi connectivity index (χ2v) is 29.4. The Balaban J connectivity index is 1.13. The highest BCUT2D eigenvalue weighted by molar-refractivity contribution is 7.00. The van der Waals surface area contributed by atoms with Crippen molar-refractivity contribution >= 4 is 57.2 Å². The first-order valence-corrected chi connectivity index (χ1v) is 33.4. The van der Waals surface area contributed by atoms with E-state index in [2.05, 4.69) is 390 Å². The van der Waals surface area contributed by atoms with Gasteiger partial charge in [-0.1, -0.05) is 332 Å². The van der Waals surface area contributed by atoms with Crippen LogP contribution in [0, 0.1) is 0 Å². The first kappa shape index (κ1) is 60.8. The fraction of sp³-hybridized carbons (Fsp3) is 0.200. The van der Waals surface area contributed by atoms with Crippen LogP contribution >= 0.6 is 0 Å². The van der Waals surface area contributed by atoms with Crippen LogP contribution in [-0.2, 0) is 32.5 Å². The Bertz CT molecular complexity index is 4280. The van der Waals surface area contributed by atoms with Crippen LogP contribution in [0.2, 0.25) is 0 Å². The SMILES string of the molecule is CC(C)(c1ccccc1)c1cc(N2c3ccc(C(C)(C)c4ccccc4)cc3B3c4cc(C(C)(C)c5ccccc5)ccc4N(c4cc(C(C)(C)c5ccccc5)cc(C(C)(C)c5ccccc5)c4)c4cc(-c5ccccc5)cc2c43)cc(C(C)(C)c2ccccc2)c1. The molecule has 0 saturated carbocycles. The van der Waals surface area contributed by atoms with Crippen molar-refractivity contribution in [2.45, 2.75) is 116 Å². The number of hydrogen-bond donors (Lipinski definition) is 0. The highest BCUT2D eigenvalue weighted by Gasteiger charge is 2.46. The van der Waals surface area contributed by atoms with Gasteiger partial charge in [0.2, 0.25) is 0 Å². The molecule has 2 aliphatic rings. The first-order valence-electron chi connectivity index (χ1n) is 33.4. The van der Waals surface area contributed by atoms with E-state index < -0.39 is 0 Å². The Morgan fingerprint density at radius 1 is 0.204 bits per heavy atom. The maximum Gasteiger partial charge on any atom is 0.252 e. The summed E-state index contributed by atoms with van der Waals surface area (Å²) < 4.78 is 0. The van der Waals surface area contributed by atoms with Crippen molar-refractivity contribution in [1.29, 1.82) is 0 Å². The van der Waals surface area contributed by atoms with Crippen molar-refractivity contribution in [3.8, 4) is 11.1 Å². The predicted octanol–water partition coefficient (Wildman–Crippen LogP) is 21.4. The normalized spacial score (nSPS) is 13.3. The van der Waals surface area contributed by atoms with E-state index in [1.165, 1.54) is 111 Å². The van der Waals surface area contributed by atoms with Crippen molar-refractivity contribution in [3.05, 3.63) is 364 Å². The average molecular weight is 1210 g/mol. The summed E-state index contributed by atoms with van der Waals surface area (Å²) >= 11 is 0. The van der Waals surface area contributed by atoms with E-state index in [9.17, 15) is 0 Å². The molecule has 2 heterocycles. The Labute approximate surface area is 554 Å². The highest BCUT2D eigenvalue weighted by Crippen LogP contribution is 2.51. The molecule has 0 fully saturated rings. The van der Waals surface area contributed by atoms with E-state index >= 15 is 0 Å². The summed E-state index contributed by atoms with van der Waals surface area (Å²) in [5.41, 5.74) is 26.3. The molecule has 0 spiro atoms. The molecule has 0 atom stereocenters. The topological polar surface area (TPSA) is 6.48 Å². The Morgan fingerprint density at radius 3 is 0.720 bits per heavy atom. The summed E-state index contributed by atoms with van der Waals surface area (Å²) in [5.74, 6) is 0. The van der Waals surface area contributed by atoms with Crippen LogP contribution in [0.5, 0.6) is 0 Å². The Hall–Kier alpha value is -9.70. The first-order chi connectivity index (χ1) is 44.6. The van der Waals surface area contributed by atoms with Gasteiger partial charge in [0.15, 0.2) is 0 Å². The second kappa shape index (κ2) is 23.1. The van der Waals surface area contributed by atoms with Gasteiger partial charge in [-0.05, 0) is 143 Å². The van der Waals surface area contributed by atoms with Crippen LogP contribution in [0.4, 0.5) is 34.1 Å². The molecule has 2 aliphatic heterocycles. The number of nitrogens with zero attached hydrogens (tertiary/aromatic N) is 2. The molecule has 3 heteroatoms. The summed E-state index contributed by atoms with van der Waals surface area (Å²) in [5, 5.41) is 0. The molecular formula is C90H85BN2. The smallest absolute Gasteiger partial charge is 0.252 e. The quantitative estimate of drug-likeness (QED) is 0.0944. The molecule has 14 rings (SSSR count). The molecule has 458 valence electrons. The van der Waals surface area contributed by atoms with Gasteiger partial charge in [0, 0.05) is 66.6 Å². The lowest BCUT2D eigenvalue weighted by molar-refractivity contribution is 0.617. The van der Waals surface area contributed by atoms with Gasteiger partial charge in [-0.25, -0.2) is 0 Å². The molecule has 0 aromatic heterocycles. The number of benzene rings is 12. The van der Waals surface area contributed by atoms with Crippen molar-refractivity contribution in [2.24, 2.45) is 0 Å². The third-order valence-corrected chi connectivity index (χ3v) is 21.8. The van der Waals surface area contributed by atoms with Crippen molar-refractivity contribution in [1.82, 2.24) is 0 Å². The van der Waals surface area contributed by atoms with E-state index in [0.717, 1.165) is 16.9 Å². The van der Waals surface area contributed by atoms with E-state index in [1.807, 2.05) is 0 Å². The van der Waals surface area contributed by atoms with E-state index in [0.29, 0.717) is 0 Å².